The van der Waals surface area contributed by atoms with Crippen molar-refractivity contribution >= 4 is 66.2 Å². The number of benzene rings is 3. The first-order valence-electron chi connectivity index (χ1n) is 8.87. The summed E-state index contributed by atoms with van der Waals surface area (Å²) in [5.41, 5.74) is 3.96. The molecule has 1 heterocycles. The SMILES string of the molecule is COc1c(Br)cc(Br)cc1C(=O)Nc1ccc2oc(-c3ccc(C)cc3Cl)nc2c1. The summed E-state index contributed by atoms with van der Waals surface area (Å²) in [4.78, 5) is 17.4. The van der Waals surface area contributed by atoms with Gasteiger partial charge in [0.25, 0.3) is 5.91 Å². The van der Waals surface area contributed by atoms with Crippen molar-refractivity contribution in [1.29, 1.82) is 0 Å². The lowest BCUT2D eigenvalue weighted by Gasteiger charge is -2.11. The van der Waals surface area contributed by atoms with Gasteiger partial charge < -0.3 is 14.5 Å². The lowest BCUT2D eigenvalue weighted by molar-refractivity contribution is 0.102. The summed E-state index contributed by atoms with van der Waals surface area (Å²) < 4.78 is 12.6. The topological polar surface area (TPSA) is 64.4 Å². The van der Waals surface area contributed by atoms with Crippen LogP contribution in [-0.4, -0.2) is 18.0 Å². The Kier molecular flexibility index (Phi) is 5.86. The molecule has 0 fully saturated rings. The van der Waals surface area contributed by atoms with Gasteiger partial charge in [0.1, 0.15) is 11.3 Å². The molecular weight excluding hydrogens is 536 g/mol. The van der Waals surface area contributed by atoms with E-state index < -0.39 is 0 Å². The minimum atomic E-state index is -0.307. The van der Waals surface area contributed by atoms with Crippen molar-refractivity contribution in [2.75, 3.05) is 12.4 Å². The third-order valence-electron chi connectivity index (χ3n) is 4.46. The number of hydrogen-bond donors (Lipinski definition) is 1. The summed E-state index contributed by atoms with van der Waals surface area (Å²) in [7, 11) is 1.52. The number of carbonyl (C=O) groups is 1. The second-order valence-electron chi connectivity index (χ2n) is 6.61. The molecule has 0 aliphatic rings. The molecule has 30 heavy (non-hydrogen) atoms. The van der Waals surface area contributed by atoms with Gasteiger partial charge in [0, 0.05) is 10.2 Å². The normalized spacial score (nSPS) is 11.0. The largest absolute Gasteiger partial charge is 0.495 e. The third kappa shape index (κ3) is 4.10. The number of methoxy groups -OCH3 is 1. The maximum atomic E-state index is 12.8. The molecule has 0 unspecified atom stereocenters. The molecule has 5 nitrogen and oxygen atoms in total. The highest BCUT2D eigenvalue weighted by molar-refractivity contribution is 9.11. The predicted molar refractivity (Wildman–Crippen MR) is 126 cm³/mol. The Hall–Kier alpha value is -2.35. The molecule has 0 spiro atoms. The number of halogens is 3. The number of anilines is 1. The smallest absolute Gasteiger partial charge is 0.259 e. The van der Waals surface area contributed by atoms with E-state index in [0.717, 1.165) is 10.0 Å². The van der Waals surface area contributed by atoms with E-state index in [2.05, 4.69) is 42.2 Å². The van der Waals surface area contributed by atoms with Crippen molar-refractivity contribution in [2.24, 2.45) is 0 Å². The van der Waals surface area contributed by atoms with Crippen LogP contribution in [-0.2, 0) is 0 Å². The summed E-state index contributed by atoms with van der Waals surface area (Å²) in [5.74, 6) is 0.573. The van der Waals surface area contributed by atoms with Crippen molar-refractivity contribution in [3.63, 3.8) is 0 Å². The average molecular weight is 551 g/mol. The van der Waals surface area contributed by atoms with Crippen LogP contribution in [0.25, 0.3) is 22.6 Å². The second kappa shape index (κ2) is 8.41. The monoisotopic (exact) mass is 548 g/mol. The molecule has 0 saturated heterocycles. The van der Waals surface area contributed by atoms with Crippen LogP contribution in [0, 0.1) is 6.92 Å². The Labute approximate surface area is 194 Å². The van der Waals surface area contributed by atoms with Crippen LogP contribution >= 0.6 is 43.5 Å². The molecule has 152 valence electrons. The number of aromatic nitrogens is 1. The first kappa shape index (κ1) is 20.9. The number of ether oxygens (including phenoxy) is 1. The Morgan fingerprint density at radius 2 is 1.93 bits per heavy atom. The minimum absolute atomic E-state index is 0.307. The van der Waals surface area contributed by atoms with Gasteiger partial charge >= 0.3 is 0 Å². The zero-order chi connectivity index (χ0) is 21.4. The standard InChI is InChI=1S/C22H15Br2ClN2O3/c1-11-3-5-14(17(25)7-11)22-27-18-10-13(4-6-19(18)30-22)26-21(28)15-8-12(23)9-16(24)20(15)29-2/h3-10H,1-2H3,(H,26,28). The molecule has 0 aliphatic carbocycles. The summed E-state index contributed by atoms with van der Waals surface area (Å²) in [6, 6.07) is 14.5. The van der Waals surface area contributed by atoms with Gasteiger partial charge in [0.2, 0.25) is 5.89 Å². The van der Waals surface area contributed by atoms with E-state index in [1.165, 1.54) is 7.11 Å². The fourth-order valence-electron chi connectivity index (χ4n) is 3.05. The van der Waals surface area contributed by atoms with Gasteiger partial charge in [0.15, 0.2) is 5.58 Å². The first-order valence-corrected chi connectivity index (χ1v) is 10.8. The molecule has 1 N–H and O–H groups in total. The Balaban J connectivity index is 1.66. The van der Waals surface area contributed by atoms with Gasteiger partial charge in [-0.1, -0.05) is 33.6 Å². The molecule has 4 rings (SSSR count). The molecular formula is C22H15Br2ClN2O3. The van der Waals surface area contributed by atoms with Crippen LogP contribution < -0.4 is 10.1 Å². The van der Waals surface area contributed by atoms with E-state index in [-0.39, 0.29) is 5.91 Å². The first-order chi connectivity index (χ1) is 14.4. The lowest BCUT2D eigenvalue weighted by atomic mass is 10.1. The summed E-state index contributed by atoms with van der Waals surface area (Å²) >= 11 is 13.1. The van der Waals surface area contributed by atoms with Crippen LogP contribution in [0.1, 0.15) is 15.9 Å². The summed E-state index contributed by atoms with van der Waals surface area (Å²) in [5, 5.41) is 3.45. The van der Waals surface area contributed by atoms with Crippen LogP contribution in [0.3, 0.4) is 0 Å². The summed E-state index contributed by atoms with van der Waals surface area (Å²) in [6.07, 6.45) is 0. The van der Waals surface area contributed by atoms with Crippen LogP contribution in [0.2, 0.25) is 5.02 Å². The van der Waals surface area contributed by atoms with E-state index in [0.29, 0.717) is 49.0 Å². The van der Waals surface area contributed by atoms with Crippen molar-refractivity contribution in [3.8, 4) is 17.2 Å². The van der Waals surface area contributed by atoms with E-state index in [1.54, 1.807) is 24.3 Å². The van der Waals surface area contributed by atoms with Crippen molar-refractivity contribution in [3.05, 3.63) is 73.6 Å². The maximum Gasteiger partial charge on any atom is 0.259 e. The Morgan fingerprint density at radius 3 is 2.67 bits per heavy atom. The van der Waals surface area contributed by atoms with Crippen molar-refractivity contribution in [2.45, 2.75) is 6.92 Å². The fraction of sp³-hybridized carbons (Fsp3) is 0.0909. The number of hydrogen-bond acceptors (Lipinski definition) is 4. The molecule has 3 aromatic carbocycles. The van der Waals surface area contributed by atoms with Crippen LogP contribution in [0.15, 0.2) is 61.9 Å². The van der Waals surface area contributed by atoms with E-state index in [1.807, 2.05) is 31.2 Å². The molecule has 1 amide bonds. The zero-order valence-electron chi connectivity index (χ0n) is 15.9. The number of rotatable bonds is 4. The molecule has 8 heteroatoms. The molecule has 0 saturated carbocycles. The number of amides is 1. The maximum absolute atomic E-state index is 12.8. The van der Waals surface area contributed by atoms with Gasteiger partial charge in [-0.25, -0.2) is 4.98 Å². The van der Waals surface area contributed by atoms with Crippen LogP contribution in [0.5, 0.6) is 5.75 Å². The van der Waals surface area contributed by atoms with Gasteiger partial charge in [0.05, 0.1) is 27.7 Å². The third-order valence-corrected chi connectivity index (χ3v) is 5.82. The van der Waals surface area contributed by atoms with Crippen LogP contribution in [0.4, 0.5) is 5.69 Å². The van der Waals surface area contributed by atoms with Crippen molar-refractivity contribution < 1.29 is 13.9 Å². The van der Waals surface area contributed by atoms with E-state index in [4.69, 9.17) is 20.8 Å². The molecule has 0 bridgehead atoms. The average Bonchev–Trinajstić information content (AvgIpc) is 3.10. The number of oxazole rings is 1. The number of nitrogens with zero attached hydrogens (tertiary/aromatic N) is 1. The Morgan fingerprint density at radius 1 is 1.13 bits per heavy atom. The number of aryl methyl sites for hydroxylation is 1. The number of carbonyl (C=O) groups excluding carboxylic acids is 1. The molecule has 1 aromatic heterocycles. The highest BCUT2D eigenvalue weighted by Crippen LogP contribution is 2.34. The predicted octanol–water partition coefficient (Wildman–Crippen LogP) is 7.24. The zero-order valence-corrected chi connectivity index (χ0v) is 19.9. The second-order valence-corrected chi connectivity index (χ2v) is 8.78. The summed E-state index contributed by atoms with van der Waals surface area (Å²) in [6.45, 7) is 1.97. The van der Waals surface area contributed by atoms with Gasteiger partial charge in [-0.15, -0.1) is 0 Å². The molecule has 0 radical (unpaired) electrons. The highest BCUT2D eigenvalue weighted by Gasteiger charge is 2.18. The van der Waals surface area contributed by atoms with Gasteiger partial charge in [-0.3, -0.25) is 4.79 Å². The fourth-order valence-corrected chi connectivity index (χ4v) is 4.75. The van der Waals surface area contributed by atoms with E-state index in [9.17, 15) is 4.79 Å². The molecule has 0 atom stereocenters. The van der Waals surface area contributed by atoms with Gasteiger partial charge in [-0.2, -0.15) is 0 Å². The lowest BCUT2D eigenvalue weighted by Crippen LogP contribution is -2.13. The molecule has 0 aliphatic heterocycles. The minimum Gasteiger partial charge on any atom is -0.495 e. The van der Waals surface area contributed by atoms with Gasteiger partial charge in [-0.05, 0) is 70.9 Å². The highest BCUT2D eigenvalue weighted by atomic mass is 79.9. The van der Waals surface area contributed by atoms with Crippen molar-refractivity contribution in [1.82, 2.24) is 4.98 Å². The number of fused-ring (bicyclic) bond motifs is 1. The van der Waals surface area contributed by atoms with E-state index >= 15 is 0 Å². The number of nitrogens with one attached hydrogen (secondary N) is 1. The Bertz CT molecular complexity index is 1290. The quantitative estimate of drug-likeness (QED) is 0.291. The molecule has 4 aromatic rings.